The number of hydrogen-bond acceptors (Lipinski definition) is 2. The second-order valence-electron chi connectivity index (χ2n) is 1.64. The Labute approximate surface area is 61.3 Å². The predicted octanol–water partition coefficient (Wildman–Crippen LogP) is 0.878. The maximum absolute atomic E-state index is 8.25. The normalized spacial score (nSPS) is 26.6. The Morgan fingerprint density at radius 1 is 1.62 bits per heavy atom. The zero-order valence-electron chi connectivity index (χ0n) is 4.72. The molecule has 1 atom stereocenters. The van der Waals surface area contributed by atoms with Gasteiger partial charge in [0, 0.05) is 6.61 Å². The summed E-state index contributed by atoms with van der Waals surface area (Å²) in [5.74, 6) is 0. The Morgan fingerprint density at radius 3 is 2.38 bits per heavy atom. The van der Waals surface area contributed by atoms with Crippen molar-refractivity contribution in [2.24, 2.45) is 0 Å². The van der Waals surface area contributed by atoms with Gasteiger partial charge in [-0.25, -0.2) is 0 Å². The van der Waals surface area contributed by atoms with E-state index in [0.29, 0.717) is 6.10 Å². The molecular formula is C5H9O2Ti. The van der Waals surface area contributed by atoms with Crippen molar-refractivity contribution < 1.29 is 28.5 Å². The minimum atomic E-state index is 0.296. The van der Waals surface area contributed by atoms with E-state index >= 15 is 0 Å². The monoisotopic (exact) mass is 149 g/mol. The first kappa shape index (κ1) is 8.47. The molecule has 45 valence electrons. The molecule has 8 heavy (non-hydrogen) atoms. The Bertz CT molecular complexity index is 52.4. The van der Waals surface area contributed by atoms with Gasteiger partial charge >= 0.3 is 23.7 Å². The van der Waals surface area contributed by atoms with Crippen LogP contribution in [0.1, 0.15) is 12.8 Å². The molecule has 0 aromatic rings. The Kier molecular flexibility index (Phi) is 5.94. The van der Waals surface area contributed by atoms with Crippen LogP contribution in [0.4, 0.5) is 0 Å². The summed E-state index contributed by atoms with van der Waals surface area (Å²) in [7, 11) is 0. The summed E-state index contributed by atoms with van der Waals surface area (Å²) < 4.78 is 13.3. The van der Waals surface area contributed by atoms with Gasteiger partial charge in [0.2, 0.25) is 0 Å². The molecule has 0 aromatic carbocycles. The third kappa shape index (κ3) is 3.47. The molecule has 0 bridgehead atoms. The number of hydrogen-bond donors (Lipinski definition) is 0. The van der Waals surface area contributed by atoms with Gasteiger partial charge in [0.1, 0.15) is 0 Å². The number of rotatable bonds is 0. The average molecular weight is 149 g/mol. The molecule has 1 aliphatic rings. The SMILES string of the molecule is [CH2-]C1CCCO1.[O]=[Ti+]. The third-order valence-electron chi connectivity index (χ3n) is 1.02. The van der Waals surface area contributed by atoms with E-state index in [1.165, 1.54) is 6.42 Å². The van der Waals surface area contributed by atoms with Crippen molar-refractivity contribution >= 4 is 0 Å². The molecule has 1 heterocycles. The standard InChI is InChI=1S/C5H9O.O.Ti/c1-5-3-2-4-6-5;;/h5H,1-4H2;;/q-1;;+1. The molecule has 0 aliphatic carbocycles. The molecule has 1 saturated heterocycles. The van der Waals surface area contributed by atoms with E-state index in [9.17, 15) is 0 Å². The first-order valence-electron chi connectivity index (χ1n) is 2.54. The molecule has 2 nitrogen and oxygen atoms in total. The average Bonchev–Trinajstić information content (AvgIpc) is 2.24. The van der Waals surface area contributed by atoms with Crippen molar-refractivity contribution in [1.29, 1.82) is 0 Å². The molecule has 0 N–H and O–H groups in total. The van der Waals surface area contributed by atoms with Crippen molar-refractivity contribution in [2.75, 3.05) is 6.61 Å². The molecule has 1 aliphatic heterocycles. The molecule has 1 unspecified atom stereocenters. The molecule has 0 radical (unpaired) electrons. The van der Waals surface area contributed by atoms with E-state index in [4.69, 9.17) is 8.06 Å². The van der Waals surface area contributed by atoms with Crippen LogP contribution in [-0.4, -0.2) is 12.7 Å². The van der Waals surface area contributed by atoms with Gasteiger partial charge in [0.15, 0.2) is 0 Å². The zero-order chi connectivity index (χ0) is 6.41. The molecule has 0 saturated carbocycles. The van der Waals surface area contributed by atoms with Gasteiger partial charge in [-0.15, -0.1) is 0 Å². The molecule has 0 spiro atoms. The molecule has 1 rings (SSSR count). The maximum atomic E-state index is 8.25. The fraction of sp³-hybridized carbons (Fsp3) is 0.800. The summed E-state index contributed by atoms with van der Waals surface area (Å²) >= 11 is 0.750. The van der Waals surface area contributed by atoms with Gasteiger partial charge in [0.25, 0.3) is 0 Å². The van der Waals surface area contributed by atoms with Crippen LogP contribution < -0.4 is 0 Å². The van der Waals surface area contributed by atoms with E-state index in [2.05, 4.69) is 6.92 Å². The van der Waals surface area contributed by atoms with Crippen LogP contribution in [0.15, 0.2) is 0 Å². The van der Waals surface area contributed by atoms with Gasteiger partial charge in [-0.3, -0.25) is 0 Å². The van der Waals surface area contributed by atoms with Crippen LogP contribution in [0.2, 0.25) is 0 Å². The molecule has 3 heteroatoms. The summed E-state index contributed by atoms with van der Waals surface area (Å²) in [6.07, 6.45) is 2.65. The summed E-state index contributed by atoms with van der Waals surface area (Å²) in [6, 6.07) is 0. The molecule has 1 fully saturated rings. The Balaban J connectivity index is 0.000000222. The van der Waals surface area contributed by atoms with E-state index < -0.39 is 0 Å². The summed E-state index contributed by atoms with van der Waals surface area (Å²) in [5, 5.41) is 0. The predicted molar refractivity (Wildman–Crippen MR) is 25.0 cm³/mol. The van der Waals surface area contributed by atoms with Crippen molar-refractivity contribution in [1.82, 2.24) is 0 Å². The molecule has 0 aromatic heterocycles. The Hall–Kier alpha value is 0.474. The fourth-order valence-electron chi connectivity index (χ4n) is 0.644. The van der Waals surface area contributed by atoms with Gasteiger partial charge in [0.05, 0.1) is 0 Å². The van der Waals surface area contributed by atoms with Crippen LogP contribution in [-0.2, 0) is 28.5 Å². The summed E-state index contributed by atoms with van der Waals surface area (Å²) in [4.78, 5) is 0. The second-order valence-corrected chi connectivity index (χ2v) is 1.64. The fourth-order valence-corrected chi connectivity index (χ4v) is 0.644. The van der Waals surface area contributed by atoms with Crippen molar-refractivity contribution in [2.45, 2.75) is 18.9 Å². The van der Waals surface area contributed by atoms with E-state index in [-0.39, 0.29) is 0 Å². The second kappa shape index (κ2) is 5.61. The van der Waals surface area contributed by atoms with Crippen LogP contribution in [0.3, 0.4) is 0 Å². The summed E-state index contributed by atoms with van der Waals surface area (Å²) in [5.41, 5.74) is 0. The zero-order valence-corrected chi connectivity index (χ0v) is 6.28. The molecule has 0 amide bonds. The van der Waals surface area contributed by atoms with Crippen molar-refractivity contribution in [3.63, 3.8) is 0 Å². The quantitative estimate of drug-likeness (QED) is 0.377. The van der Waals surface area contributed by atoms with Crippen LogP contribution in [0, 0.1) is 6.92 Å². The van der Waals surface area contributed by atoms with Crippen LogP contribution in [0.5, 0.6) is 0 Å². The van der Waals surface area contributed by atoms with Gasteiger partial charge in [-0.05, 0) is 6.42 Å². The van der Waals surface area contributed by atoms with Crippen molar-refractivity contribution in [3.05, 3.63) is 6.92 Å². The van der Waals surface area contributed by atoms with Crippen molar-refractivity contribution in [3.8, 4) is 0 Å². The van der Waals surface area contributed by atoms with E-state index in [1.54, 1.807) is 0 Å². The minimum absolute atomic E-state index is 0.296. The first-order valence-corrected chi connectivity index (χ1v) is 3.18. The summed E-state index contributed by atoms with van der Waals surface area (Å²) in [6.45, 7) is 4.64. The number of ether oxygens (including phenoxy) is 1. The third-order valence-corrected chi connectivity index (χ3v) is 1.02. The van der Waals surface area contributed by atoms with Gasteiger partial charge < -0.3 is 11.7 Å². The van der Waals surface area contributed by atoms with E-state index in [0.717, 1.165) is 33.4 Å². The van der Waals surface area contributed by atoms with E-state index in [1.807, 2.05) is 0 Å². The van der Waals surface area contributed by atoms with Crippen LogP contribution >= 0.6 is 0 Å². The first-order chi connectivity index (χ1) is 3.89. The van der Waals surface area contributed by atoms with Crippen LogP contribution in [0.25, 0.3) is 0 Å². The van der Waals surface area contributed by atoms with Gasteiger partial charge in [-0.1, -0.05) is 12.5 Å². The molecular weight excluding hydrogens is 140 g/mol. The van der Waals surface area contributed by atoms with Gasteiger partial charge in [-0.2, -0.15) is 0 Å². The topological polar surface area (TPSA) is 26.3 Å². The Morgan fingerprint density at radius 2 is 2.25 bits per heavy atom.